The topological polar surface area (TPSA) is 62.3 Å². The second kappa shape index (κ2) is 4.42. The molecule has 0 spiro atoms. The smallest absolute Gasteiger partial charge is 0.0992 e. The van der Waals surface area contributed by atoms with Crippen molar-refractivity contribution in [2.75, 3.05) is 30.3 Å². The van der Waals surface area contributed by atoms with Gasteiger partial charge in [0.1, 0.15) is 0 Å². The zero-order valence-corrected chi connectivity index (χ0v) is 9.31. The number of nitrogens with zero attached hydrogens (tertiary/aromatic N) is 2. The van der Waals surface area contributed by atoms with Crippen LogP contribution in [0.15, 0.2) is 18.2 Å². The third-order valence-electron chi connectivity index (χ3n) is 2.74. The Labute approximate surface area is 95.2 Å². The maximum Gasteiger partial charge on any atom is 0.0992 e. The Morgan fingerprint density at radius 2 is 2.38 bits per heavy atom. The molecule has 16 heavy (non-hydrogen) atoms. The summed E-state index contributed by atoms with van der Waals surface area (Å²) in [6, 6.07) is 7.50. The first-order chi connectivity index (χ1) is 7.70. The molecule has 0 aliphatic carbocycles. The van der Waals surface area contributed by atoms with Gasteiger partial charge in [-0.25, -0.2) is 0 Å². The first-order valence-corrected chi connectivity index (χ1v) is 5.37. The van der Waals surface area contributed by atoms with Gasteiger partial charge >= 0.3 is 0 Å². The van der Waals surface area contributed by atoms with Gasteiger partial charge in [0.05, 0.1) is 35.7 Å². The van der Waals surface area contributed by atoms with E-state index in [0.29, 0.717) is 17.9 Å². The van der Waals surface area contributed by atoms with Gasteiger partial charge in [-0.15, -0.1) is 0 Å². The first-order valence-electron chi connectivity index (χ1n) is 5.37. The van der Waals surface area contributed by atoms with Gasteiger partial charge in [0.25, 0.3) is 0 Å². The van der Waals surface area contributed by atoms with Crippen LogP contribution in [0.2, 0.25) is 0 Å². The van der Waals surface area contributed by atoms with E-state index in [0.717, 1.165) is 18.8 Å². The van der Waals surface area contributed by atoms with E-state index in [1.165, 1.54) is 0 Å². The van der Waals surface area contributed by atoms with Gasteiger partial charge in [-0.3, -0.25) is 0 Å². The minimum absolute atomic E-state index is 0.207. The number of nitriles is 1. The molecule has 4 nitrogen and oxygen atoms in total. The fraction of sp³-hybridized carbons (Fsp3) is 0.417. The van der Waals surface area contributed by atoms with Crippen molar-refractivity contribution in [3.05, 3.63) is 23.8 Å². The van der Waals surface area contributed by atoms with Crippen LogP contribution in [0.1, 0.15) is 12.5 Å². The van der Waals surface area contributed by atoms with E-state index < -0.39 is 0 Å². The van der Waals surface area contributed by atoms with E-state index in [1.54, 1.807) is 12.1 Å². The molecule has 84 valence electrons. The second-order valence-corrected chi connectivity index (χ2v) is 4.01. The Morgan fingerprint density at radius 3 is 3.06 bits per heavy atom. The highest BCUT2D eigenvalue weighted by Gasteiger charge is 2.18. The number of nitrogen functional groups attached to an aromatic ring is 1. The maximum absolute atomic E-state index is 8.87. The van der Waals surface area contributed by atoms with Gasteiger partial charge in [0.15, 0.2) is 0 Å². The molecule has 0 bridgehead atoms. The van der Waals surface area contributed by atoms with Crippen molar-refractivity contribution in [2.45, 2.75) is 13.0 Å². The maximum atomic E-state index is 8.87. The number of anilines is 2. The summed E-state index contributed by atoms with van der Waals surface area (Å²) in [5.74, 6) is 0. The third-order valence-corrected chi connectivity index (χ3v) is 2.74. The molecule has 2 rings (SSSR count). The number of hydrogen-bond donors (Lipinski definition) is 1. The largest absolute Gasteiger partial charge is 0.397 e. The Hall–Kier alpha value is -1.73. The number of ether oxygens (including phenoxy) is 1. The molecule has 1 atom stereocenters. The van der Waals surface area contributed by atoms with E-state index in [-0.39, 0.29) is 6.10 Å². The zero-order valence-electron chi connectivity index (χ0n) is 9.31. The quantitative estimate of drug-likeness (QED) is 0.721. The molecule has 0 aromatic heterocycles. The van der Waals surface area contributed by atoms with Gasteiger partial charge in [-0.2, -0.15) is 5.26 Å². The summed E-state index contributed by atoms with van der Waals surface area (Å²) in [6.45, 7) is 4.39. The molecular weight excluding hydrogens is 202 g/mol. The number of benzene rings is 1. The minimum atomic E-state index is 0.207. The number of morpholine rings is 1. The van der Waals surface area contributed by atoms with Crippen LogP contribution in [0.3, 0.4) is 0 Å². The lowest BCUT2D eigenvalue weighted by Crippen LogP contribution is -2.41. The van der Waals surface area contributed by atoms with E-state index in [2.05, 4.69) is 11.0 Å². The second-order valence-electron chi connectivity index (χ2n) is 4.01. The van der Waals surface area contributed by atoms with Gasteiger partial charge in [0, 0.05) is 13.1 Å². The van der Waals surface area contributed by atoms with Crippen molar-refractivity contribution in [2.24, 2.45) is 0 Å². The van der Waals surface area contributed by atoms with Gasteiger partial charge in [-0.1, -0.05) is 0 Å². The Kier molecular flexibility index (Phi) is 2.97. The van der Waals surface area contributed by atoms with Crippen LogP contribution < -0.4 is 10.6 Å². The minimum Gasteiger partial charge on any atom is -0.397 e. The van der Waals surface area contributed by atoms with Crippen molar-refractivity contribution in [1.82, 2.24) is 0 Å². The third kappa shape index (κ3) is 2.10. The average molecular weight is 217 g/mol. The molecule has 0 amide bonds. The summed E-state index contributed by atoms with van der Waals surface area (Å²) in [7, 11) is 0. The SMILES string of the molecule is CC1CN(c2cc(C#N)ccc2N)CCO1. The molecular formula is C12H15N3O. The zero-order chi connectivity index (χ0) is 11.5. The summed E-state index contributed by atoms with van der Waals surface area (Å²) in [4.78, 5) is 2.17. The molecule has 4 heteroatoms. The van der Waals surface area contributed by atoms with Crippen LogP contribution in [0.4, 0.5) is 11.4 Å². The summed E-state index contributed by atoms with van der Waals surface area (Å²) in [5, 5.41) is 8.87. The molecule has 1 fully saturated rings. The first kappa shape index (κ1) is 10.8. The van der Waals surface area contributed by atoms with Gasteiger partial charge in [-0.05, 0) is 25.1 Å². The van der Waals surface area contributed by atoms with Crippen LogP contribution in [0.5, 0.6) is 0 Å². The molecule has 1 heterocycles. The molecule has 2 N–H and O–H groups in total. The van der Waals surface area contributed by atoms with Crippen LogP contribution in [-0.2, 0) is 4.74 Å². The summed E-state index contributed by atoms with van der Waals surface area (Å²) in [6.07, 6.45) is 0.207. The summed E-state index contributed by atoms with van der Waals surface area (Å²) >= 11 is 0. The van der Waals surface area contributed by atoms with Gasteiger partial charge < -0.3 is 15.4 Å². The highest BCUT2D eigenvalue weighted by Crippen LogP contribution is 2.26. The van der Waals surface area contributed by atoms with E-state index >= 15 is 0 Å². The molecule has 1 unspecified atom stereocenters. The number of rotatable bonds is 1. The van der Waals surface area contributed by atoms with Crippen molar-refractivity contribution >= 4 is 11.4 Å². The van der Waals surface area contributed by atoms with E-state index in [9.17, 15) is 0 Å². The average Bonchev–Trinajstić information content (AvgIpc) is 2.30. The van der Waals surface area contributed by atoms with E-state index in [4.69, 9.17) is 15.7 Å². The fourth-order valence-electron chi connectivity index (χ4n) is 1.92. The molecule has 1 aromatic carbocycles. The summed E-state index contributed by atoms with van der Waals surface area (Å²) in [5.41, 5.74) is 8.23. The molecule has 1 aromatic rings. The lowest BCUT2D eigenvalue weighted by Gasteiger charge is -2.33. The summed E-state index contributed by atoms with van der Waals surface area (Å²) < 4.78 is 5.48. The van der Waals surface area contributed by atoms with Crippen molar-refractivity contribution < 1.29 is 4.74 Å². The Balaban J connectivity index is 2.28. The van der Waals surface area contributed by atoms with Crippen LogP contribution in [-0.4, -0.2) is 25.8 Å². The predicted molar refractivity (Wildman–Crippen MR) is 63.2 cm³/mol. The lowest BCUT2D eigenvalue weighted by atomic mass is 10.1. The molecule has 1 aliphatic rings. The van der Waals surface area contributed by atoms with Crippen LogP contribution >= 0.6 is 0 Å². The highest BCUT2D eigenvalue weighted by molar-refractivity contribution is 5.69. The Bertz CT molecular complexity index is 425. The van der Waals surface area contributed by atoms with E-state index in [1.807, 2.05) is 13.0 Å². The van der Waals surface area contributed by atoms with Gasteiger partial charge in [0.2, 0.25) is 0 Å². The van der Waals surface area contributed by atoms with Crippen LogP contribution in [0.25, 0.3) is 0 Å². The molecule has 0 saturated carbocycles. The van der Waals surface area contributed by atoms with Crippen molar-refractivity contribution in [3.8, 4) is 6.07 Å². The normalized spacial score (nSPS) is 20.5. The molecule has 1 aliphatic heterocycles. The van der Waals surface area contributed by atoms with Crippen molar-refractivity contribution in [3.63, 3.8) is 0 Å². The predicted octanol–water partition coefficient (Wildman–Crippen LogP) is 1.37. The fourth-order valence-corrected chi connectivity index (χ4v) is 1.92. The Morgan fingerprint density at radius 1 is 1.56 bits per heavy atom. The highest BCUT2D eigenvalue weighted by atomic mass is 16.5. The molecule has 1 saturated heterocycles. The molecule has 0 radical (unpaired) electrons. The standard InChI is InChI=1S/C12H15N3O/c1-9-8-15(4-5-16-9)12-6-10(7-13)2-3-11(12)14/h2-3,6,9H,4-5,8,14H2,1H3. The monoisotopic (exact) mass is 217 g/mol. The van der Waals surface area contributed by atoms with Crippen molar-refractivity contribution in [1.29, 1.82) is 5.26 Å². The lowest BCUT2D eigenvalue weighted by molar-refractivity contribution is 0.0533. The van der Waals surface area contributed by atoms with Crippen LogP contribution in [0, 0.1) is 11.3 Å². The number of hydrogen-bond acceptors (Lipinski definition) is 4. The number of nitrogens with two attached hydrogens (primary N) is 1.